The van der Waals surface area contributed by atoms with E-state index in [0.29, 0.717) is 6.54 Å². The highest BCUT2D eigenvalue weighted by Gasteiger charge is 2.28. The van der Waals surface area contributed by atoms with Crippen LogP contribution in [0.2, 0.25) is 0 Å². The quantitative estimate of drug-likeness (QED) is 0.732. The van der Waals surface area contributed by atoms with Crippen LogP contribution >= 0.6 is 0 Å². The molecule has 4 nitrogen and oxygen atoms in total. The second-order valence-corrected chi connectivity index (χ2v) is 5.13. The topological polar surface area (TPSA) is 55.6 Å². The largest absolute Gasteiger partial charge is 0.379 e. The zero-order valence-electron chi connectivity index (χ0n) is 9.95. The number of Topliss-reactive ketones (excluding diaryl/α,β-unsaturated/α-hetero) is 1. The van der Waals surface area contributed by atoms with Gasteiger partial charge in [0.05, 0.1) is 19.3 Å². The molecule has 2 N–H and O–H groups in total. The Labute approximate surface area is 91.8 Å². The number of nitrogens with zero attached hydrogens (tertiary/aromatic N) is 1. The van der Waals surface area contributed by atoms with Crippen molar-refractivity contribution in [1.29, 1.82) is 0 Å². The average molecular weight is 214 g/mol. The van der Waals surface area contributed by atoms with E-state index in [1.165, 1.54) is 0 Å². The van der Waals surface area contributed by atoms with Gasteiger partial charge in [-0.3, -0.25) is 9.69 Å². The van der Waals surface area contributed by atoms with E-state index in [-0.39, 0.29) is 17.2 Å². The summed E-state index contributed by atoms with van der Waals surface area (Å²) in [6.45, 7) is 9.64. The third kappa shape index (κ3) is 3.89. The Balaban J connectivity index is 2.40. The molecule has 0 aliphatic carbocycles. The van der Waals surface area contributed by atoms with Gasteiger partial charge in [-0.05, 0) is 0 Å². The second kappa shape index (κ2) is 5.05. The van der Waals surface area contributed by atoms with Gasteiger partial charge >= 0.3 is 0 Å². The zero-order chi connectivity index (χ0) is 11.5. The van der Waals surface area contributed by atoms with Crippen molar-refractivity contribution in [2.45, 2.75) is 26.8 Å². The van der Waals surface area contributed by atoms with Crippen LogP contribution in [0.5, 0.6) is 0 Å². The maximum absolute atomic E-state index is 11.9. The number of ketones is 1. The second-order valence-electron chi connectivity index (χ2n) is 5.13. The van der Waals surface area contributed by atoms with Gasteiger partial charge in [0, 0.05) is 25.0 Å². The number of hydrogen-bond acceptors (Lipinski definition) is 4. The normalized spacial score (nSPS) is 21.3. The Kier molecular flexibility index (Phi) is 4.25. The van der Waals surface area contributed by atoms with E-state index in [4.69, 9.17) is 10.5 Å². The summed E-state index contributed by atoms with van der Waals surface area (Å²) in [5, 5.41) is 0. The van der Waals surface area contributed by atoms with E-state index in [1.807, 2.05) is 20.8 Å². The fourth-order valence-electron chi connectivity index (χ4n) is 1.70. The molecule has 0 amide bonds. The number of rotatable bonds is 3. The first-order valence-corrected chi connectivity index (χ1v) is 5.51. The Morgan fingerprint density at radius 1 is 1.40 bits per heavy atom. The summed E-state index contributed by atoms with van der Waals surface area (Å²) >= 11 is 0. The molecule has 0 radical (unpaired) electrons. The van der Waals surface area contributed by atoms with Gasteiger partial charge in [-0.25, -0.2) is 0 Å². The van der Waals surface area contributed by atoms with Crippen LogP contribution in [0.4, 0.5) is 0 Å². The van der Waals surface area contributed by atoms with Crippen LogP contribution in [0, 0.1) is 5.41 Å². The highest BCUT2D eigenvalue weighted by molar-refractivity contribution is 5.88. The van der Waals surface area contributed by atoms with E-state index >= 15 is 0 Å². The maximum atomic E-state index is 11.9. The molecule has 88 valence electrons. The summed E-state index contributed by atoms with van der Waals surface area (Å²) in [4.78, 5) is 14.0. The summed E-state index contributed by atoms with van der Waals surface area (Å²) in [5.74, 6) is 0.133. The Morgan fingerprint density at radius 3 is 2.40 bits per heavy atom. The zero-order valence-corrected chi connectivity index (χ0v) is 9.95. The Bertz CT molecular complexity index is 217. The van der Waals surface area contributed by atoms with E-state index in [2.05, 4.69) is 4.90 Å². The summed E-state index contributed by atoms with van der Waals surface area (Å²) in [6.07, 6.45) is 0. The summed E-state index contributed by atoms with van der Waals surface area (Å²) in [5.41, 5.74) is 5.56. The first-order chi connectivity index (χ1) is 6.91. The molecule has 1 fully saturated rings. The molecule has 4 heteroatoms. The van der Waals surface area contributed by atoms with Crippen LogP contribution < -0.4 is 5.73 Å². The fraction of sp³-hybridized carbons (Fsp3) is 0.909. The summed E-state index contributed by atoms with van der Waals surface area (Å²) in [7, 11) is 0. The lowest BCUT2D eigenvalue weighted by Crippen LogP contribution is -2.49. The molecule has 1 rings (SSSR count). The Morgan fingerprint density at radius 2 is 1.93 bits per heavy atom. The minimum absolute atomic E-state index is 0.133. The lowest BCUT2D eigenvalue weighted by molar-refractivity contribution is -0.128. The van der Waals surface area contributed by atoms with Crippen LogP contribution in [0.1, 0.15) is 20.8 Å². The smallest absolute Gasteiger partial charge is 0.156 e. The van der Waals surface area contributed by atoms with Crippen molar-refractivity contribution in [3.8, 4) is 0 Å². The minimum Gasteiger partial charge on any atom is -0.379 e. The van der Waals surface area contributed by atoms with Gasteiger partial charge in [0.2, 0.25) is 0 Å². The predicted octanol–water partition coefficient (Wildman–Crippen LogP) is 0.261. The van der Waals surface area contributed by atoms with Crippen LogP contribution in [-0.2, 0) is 9.53 Å². The van der Waals surface area contributed by atoms with Crippen molar-refractivity contribution < 1.29 is 9.53 Å². The van der Waals surface area contributed by atoms with Gasteiger partial charge < -0.3 is 10.5 Å². The Hall–Kier alpha value is -0.450. The molecular formula is C11H22N2O2. The van der Waals surface area contributed by atoms with E-state index < -0.39 is 0 Å². The third-order valence-corrected chi connectivity index (χ3v) is 2.63. The first kappa shape index (κ1) is 12.6. The number of nitrogens with two attached hydrogens (primary N) is 1. The van der Waals surface area contributed by atoms with Gasteiger partial charge in [-0.2, -0.15) is 0 Å². The standard InChI is InChI=1S/C11H22N2O2/c1-11(2,3)10(14)9(12)8-13-4-6-15-7-5-13/h9H,4-8,12H2,1-3H3. The van der Waals surface area contributed by atoms with Crippen molar-refractivity contribution >= 4 is 5.78 Å². The van der Waals surface area contributed by atoms with Crippen LogP contribution in [-0.4, -0.2) is 49.6 Å². The molecule has 0 bridgehead atoms. The van der Waals surface area contributed by atoms with Gasteiger partial charge in [-0.15, -0.1) is 0 Å². The fourth-order valence-corrected chi connectivity index (χ4v) is 1.70. The molecular weight excluding hydrogens is 192 g/mol. The monoisotopic (exact) mass is 214 g/mol. The van der Waals surface area contributed by atoms with Crippen molar-refractivity contribution in [3.63, 3.8) is 0 Å². The van der Waals surface area contributed by atoms with Crippen molar-refractivity contribution in [2.24, 2.45) is 11.1 Å². The molecule has 1 saturated heterocycles. The van der Waals surface area contributed by atoms with Crippen LogP contribution in [0.3, 0.4) is 0 Å². The van der Waals surface area contributed by atoms with E-state index in [1.54, 1.807) is 0 Å². The lowest BCUT2D eigenvalue weighted by Gasteiger charge is -2.30. The minimum atomic E-state index is -0.372. The molecule has 0 spiro atoms. The van der Waals surface area contributed by atoms with Gasteiger partial charge in [0.15, 0.2) is 5.78 Å². The lowest BCUT2D eigenvalue weighted by atomic mass is 9.86. The van der Waals surface area contributed by atoms with Gasteiger partial charge in [-0.1, -0.05) is 20.8 Å². The molecule has 0 aromatic rings. The van der Waals surface area contributed by atoms with Crippen LogP contribution in [0.25, 0.3) is 0 Å². The number of hydrogen-bond donors (Lipinski definition) is 1. The van der Waals surface area contributed by atoms with Crippen molar-refractivity contribution in [3.05, 3.63) is 0 Å². The van der Waals surface area contributed by atoms with Gasteiger partial charge in [0.1, 0.15) is 0 Å². The maximum Gasteiger partial charge on any atom is 0.156 e. The van der Waals surface area contributed by atoms with E-state index in [9.17, 15) is 4.79 Å². The highest BCUT2D eigenvalue weighted by Crippen LogP contribution is 2.16. The molecule has 0 saturated carbocycles. The SMILES string of the molecule is CC(C)(C)C(=O)C(N)CN1CCOCC1. The predicted molar refractivity (Wildman–Crippen MR) is 59.7 cm³/mol. The van der Waals surface area contributed by atoms with Crippen LogP contribution in [0.15, 0.2) is 0 Å². The molecule has 1 unspecified atom stereocenters. The summed E-state index contributed by atoms with van der Waals surface area (Å²) < 4.78 is 5.24. The number of morpholine rings is 1. The molecule has 0 aromatic heterocycles. The van der Waals surface area contributed by atoms with E-state index in [0.717, 1.165) is 26.3 Å². The van der Waals surface area contributed by atoms with Crippen molar-refractivity contribution in [2.75, 3.05) is 32.8 Å². The molecule has 1 atom stereocenters. The highest BCUT2D eigenvalue weighted by atomic mass is 16.5. The number of carbonyl (C=O) groups excluding carboxylic acids is 1. The molecule has 1 aliphatic heterocycles. The van der Waals surface area contributed by atoms with Gasteiger partial charge in [0.25, 0.3) is 0 Å². The molecule has 1 heterocycles. The number of carbonyl (C=O) groups is 1. The number of ether oxygens (including phenoxy) is 1. The average Bonchev–Trinajstić information content (AvgIpc) is 2.16. The summed E-state index contributed by atoms with van der Waals surface area (Å²) in [6, 6.07) is -0.372. The molecule has 15 heavy (non-hydrogen) atoms. The first-order valence-electron chi connectivity index (χ1n) is 5.51. The molecule has 1 aliphatic rings. The molecule has 0 aromatic carbocycles. The van der Waals surface area contributed by atoms with Crippen molar-refractivity contribution in [1.82, 2.24) is 4.90 Å². The third-order valence-electron chi connectivity index (χ3n) is 2.63.